The Morgan fingerprint density at radius 2 is 1.79 bits per heavy atom. The van der Waals surface area contributed by atoms with Gasteiger partial charge < -0.3 is 5.32 Å². The van der Waals surface area contributed by atoms with Crippen molar-refractivity contribution in [2.24, 2.45) is 0 Å². The third-order valence-electron chi connectivity index (χ3n) is 3.32. The van der Waals surface area contributed by atoms with Crippen LogP contribution in [0.25, 0.3) is 0 Å². The number of nitrogens with one attached hydrogen (secondary N) is 1. The quantitative estimate of drug-likeness (QED) is 0.882. The summed E-state index contributed by atoms with van der Waals surface area (Å²) in [7, 11) is 0. The number of benzene rings is 2. The molecule has 0 heterocycles. The lowest BCUT2D eigenvalue weighted by atomic mass is 10.0. The van der Waals surface area contributed by atoms with Crippen molar-refractivity contribution in [3.8, 4) is 6.07 Å². The van der Waals surface area contributed by atoms with Gasteiger partial charge in [0.05, 0.1) is 6.07 Å². The van der Waals surface area contributed by atoms with Crippen molar-refractivity contribution in [3.63, 3.8) is 0 Å². The van der Waals surface area contributed by atoms with Gasteiger partial charge in [0.2, 0.25) is 0 Å². The van der Waals surface area contributed by atoms with E-state index in [4.69, 9.17) is 0 Å². The third-order valence-corrected chi connectivity index (χ3v) is 3.32. The molecule has 96 valence electrons. The molecule has 0 spiro atoms. The van der Waals surface area contributed by atoms with E-state index in [9.17, 15) is 5.26 Å². The second-order valence-electron chi connectivity index (χ2n) is 4.92. The molecule has 2 aromatic rings. The second kappa shape index (κ2) is 5.58. The number of aryl methyl sites for hydroxylation is 3. The molecule has 0 fully saturated rings. The number of rotatable bonds is 3. The highest BCUT2D eigenvalue weighted by Crippen LogP contribution is 2.21. The maximum atomic E-state index is 9.36. The maximum Gasteiger partial charge on any atom is 0.140 e. The summed E-state index contributed by atoms with van der Waals surface area (Å²) in [4.78, 5) is 0. The Morgan fingerprint density at radius 3 is 2.42 bits per heavy atom. The number of hydrogen-bond acceptors (Lipinski definition) is 2. The second-order valence-corrected chi connectivity index (χ2v) is 4.92. The molecule has 0 saturated carbocycles. The van der Waals surface area contributed by atoms with E-state index in [0.717, 1.165) is 11.3 Å². The Kier molecular flexibility index (Phi) is 3.87. The van der Waals surface area contributed by atoms with Gasteiger partial charge in [-0.1, -0.05) is 30.3 Å². The van der Waals surface area contributed by atoms with Crippen molar-refractivity contribution in [3.05, 3.63) is 64.7 Å². The summed E-state index contributed by atoms with van der Waals surface area (Å²) in [5.74, 6) is 0. The molecule has 2 heteroatoms. The summed E-state index contributed by atoms with van der Waals surface area (Å²) < 4.78 is 0. The molecule has 19 heavy (non-hydrogen) atoms. The lowest BCUT2D eigenvalue weighted by Gasteiger charge is -2.15. The van der Waals surface area contributed by atoms with Gasteiger partial charge >= 0.3 is 0 Å². The lowest BCUT2D eigenvalue weighted by molar-refractivity contribution is 0.991. The van der Waals surface area contributed by atoms with E-state index in [0.29, 0.717) is 0 Å². The molecular weight excluding hydrogens is 232 g/mol. The Bertz CT molecular complexity index is 623. The topological polar surface area (TPSA) is 35.8 Å². The first kappa shape index (κ1) is 13.2. The third kappa shape index (κ3) is 3.14. The van der Waals surface area contributed by atoms with Crippen LogP contribution in [0.5, 0.6) is 0 Å². The van der Waals surface area contributed by atoms with Gasteiger partial charge in [-0.25, -0.2) is 0 Å². The molecule has 0 aliphatic heterocycles. The van der Waals surface area contributed by atoms with Crippen LogP contribution in [0.15, 0.2) is 42.5 Å². The fraction of sp³-hybridized carbons (Fsp3) is 0.235. The van der Waals surface area contributed by atoms with Crippen LogP contribution in [-0.4, -0.2) is 0 Å². The Balaban J connectivity index is 2.25. The van der Waals surface area contributed by atoms with Gasteiger partial charge in [0.1, 0.15) is 6.04 Å². The van der Waals surface area contributed by atoms with E-state index in [1.54, 1.807) is 0 Å². The highest BCUT2D eigenvalue weighted by molar-refractivity contribution is 5.49. The zero-order valence-corrected chi connectivity index (χ0v) is 11.6. The van der Waals surface area contributed by atoms with Crippen LogP contribution < -0.4 is 5.32 Å². The standard InChI is InChI=1S/C17H18N2/c1-12-5-4-6-16(9-12)19-17(11-18)15-8-7-13(2)14(3)10-15/h4-10,17,19H,1-3H3. The van der Waals surface area contributed by atoms with Crippen LogP contribution in [0.1, 0.15) is 28.3 Å². The predicted octanol–water partition coefficient (Wildman–Crippen LogP) is 4.29. The monoisotopic (exact) mass is 250 g/mol. The Labute approximate surface area is 114 Å². The first-order valence-corrected chi connectivity index (χ1v) is 6.40. The fourth-order valence-corrected chi connectivity index (χ4v) is 2.04. The van der Waals surface area contributed by atoms with Gasteiger partial charge in [-0.15, -0.1) is 0 Å². The molecule has 2 rings (SSSR count). The minimum Gasteiger partial charge on any atom is -0.366 e. The first-order chi connectivity index (χ1) is 9.10. The summed E-state index contributed by atoms with van der Waals surface area (Å²) in [5.41, 5.74) is 5.62. The zero-order valence-electron chi connectivity index (χ0n) is 11.6. The van der Waals surface area contributed by atoms with E-state index in [1.165, 1.54) is 16.7 Å². The van der Waals surface area contributed by atoms with E-state index < -0.39 is 0 Å². The molecule has 0 aliphatic rings. The van der Waals surface area contributed by atoms with E-state index in [2.05, 4.69) is 37.4 Å². The van der Waals surface area contributed by atoms with Crippen LogP contribution in [0, 0.1) is 32.1 Å². The van der Waals surface area contributed by atoms with Crippen molar-refractivity contribution < 1.29 is 0 Å². The average Bonchev–Trinajstić information content (AvgIpc) is 2.39. The molecule has 1 unspecified atom stereocenters. The molecular formula is C17H18N2. The highest BCUT2D eigenvalue weighted by atomic mass is 14.9. The molecule has 0 aromatic heterocycles. The number of anilines is 1. The van der Waals surface area contributed by atoms with Crippen molar-refractivity contribution in [1.29, 1.82) is 5.26 Å². The molecule has 0 amide bonds. The highest BCUT2D eigenvalue weighted by Gasteiger charge is 2.10. The van der Waals surface area contributed by atoms with Crippen LogP contribution >= 0.6 is 0 Å². The average molecular weight is 250 g/mol. The molecule has 2 nitrogen and oxygen atoms in total. The van der Waals surface area contributed by atoms with Crippen LogP contribution in [-0.2, 0) is 0 Å². The van der Waals surface area contributed by atoms with Gasteiger partial charge in [-0.05, 0) is 55.2 Å². The van der Waals surface area contributed by atoms with E-state index in [1.807, 2.05) is 37.3 Å². The summed E-state index contributed by atoms with van der Waals surface area (Å²) in [6.07, 6.45) is 0. The van der Waals surface area contributed by atoms with Crippen molar-refractivity contribution in [2.45, 2.75) is 26.8 Å². The molecule has 0 saturated heterocycles. The number of hydrogen-bond donors (Lipinski definition) is 1. The van der Waals surface area contributed by atoms with Gasteiger partial charge in [-0.2, -0.15) is 5.26 Å². The summed E-state index contributed by atoms with van der Waals surface area (Å²) in [6, 6.07) is 16.2. The van der Waals surface area contributed by atoms with Crippen LogP contribution in [0.2, 0.25) is 0 Å². The predicted molar refractivity (Wildman–Crippen MR) is 79.1 cm³/mol. The van der Waals surface area contributed by atoms with Gasteiger partial charge in [-0.3, -0.25) is 0 Å². The smallest absolute Gasteiger partial charge is 0.140 e. The maximum absolute atomic E-state index is 9.36. The summed E-state index contributed by atoms with van der Waals surface area (Å²) in [5, 5.41) is 12.6. The minimum atomic E-state index is -0.318. The molecule has 1 N–H and O–H groups in total. The first-order valence-electron chi connectivity index (χ1n) is 6.40. The van der Waals surface area contributed by atoms with Gasteiger partial charge in [0.25, 0.3) is 0 Å². The largest absolute Gasteiger partial charge is 0.366 e. The van der Waals surface area contributed by atoms with Crippen molar-refractivity contribution in [2.75, 3.05) is 5.32 Å². The van der Waals surface area contributed by atoms with Gasteiger partial charge in [0.15, 0.2) is 0 Å². The number of nitrogens with zero attached hydrogens (tertiary/aromatic N) is 1. The summed E-state index contributed by atoms with van der Waals surface area (Å²) >= 11 is 0. The normalized spacial score (nSPS) is 11.7. The Morgan fingerprint density at radius 1 is 1.00 bits per heavy atom. The molecule has 0 aliphatic carbocycles. The Hall–Kier alpha value is -2.27. The lowest BCUT2D eigenvalue weighted by Crippen LogP contribution is -2.09. The molecule has 2 aromatic carbocycles. The van der Waals surface area contributed by atoms with Crippen LogP contribution in [0.4, 0.5) is 5.69 Å². The van der Waals surface area contributed by atoms with Crippen LogP contribution in [0.3, 0.4) is 0 Å². The van der Waals surface area contributed by atoms with Gasteiger partial charge in [0, 0.05) is 5.69 Å². The zero-order chi connectivity index (χ0) is 13.8. The minimum absolute atomic E-state index is 0.318. The summed E-state index contributed by atoms with van der Waals surface area (Å²) in [6.45, 7) is 6.19. The number of nitriles is 1. The SMILES string of the molecule is Cc1cccc(NC(C#N)c2ccc(C)c(C)c2)c1. The fourth-order valence-electron chi connectivity index (χ4n) is 2.04. The molecule has 0 radical (unpaired) electrons. The molecule has 0 bridgehead atoms. The molecule has 1 atom stereocenters. The van der Waals surface area contributed by atoms with Crippen molar-refractivity contribution >= 4 is 5.69 Å². The van der Waals surface area contributed by atoms with Crippen molar-refractivity contribution in [1.82, 2.24) is 0 Å². The van der Waals surface area contributed by atoms with E-state index in [-0.39, 0.29) is 6.04 Å². The van der Waals surface area contributed by atoms with E-state index >= 15 is 0 Å².